The number of aliphatic imine (C=N–C) groups is 1. The molecule has 9 heteroatoms. The molecular formula is C15H23ClN4O3S. The van der Waals surface area contributed by atoms with Crippen molar-refractivity contribution in [1.29, 1.82) is 0 Å². The van der Waals surface area contributed by atoms with Gasteiger partial charge in [0.2, 0.25) is 5.91 Å². The van der Waals surface area contributed by atoms with Crippen LogP contribution in [-0.2, 0) is 14.8 Å². The molecule has 7 nitrogen and oxygen atoms in total. The third-order valence-corrected chi connectivity index (χ3v) is 4.88. The molecule has 0 saturated carbocycles. The van der Waals surface area contributed by atoms with Crippen LogP contribution in [0.2, 0.25) is 0 Å². The average Bonchev–Trinajstić information content (AvgIpc) is 3.00. The van der Waals surface area contributed by atoms with Crippen molar-refractivity contribution in [2.45, 2.75) is 24.7 Å². The van der Waals surface area contributed by atoms with E-state index >= 15 is 0 Å². The van der Waals surface area contributed by atoms with E-state index in [-0.39, 0.29) is 29.1 Å². The first-order chi connectivity index (χ1) is 10.9. The van der Waals surface area contributed by atoms with Crippen LogP contribution in [0.3, 0.4) is 0 Å². The van der Waals surface area contributed by atoms with Crippen molar-refractivity contribution in [3.8, 4) is 0 Å². The lowest BCUT2D eigenvalue weighted by molar-refractivity contribution is -0.119. The van der Waals surface area contributed by atoms with Crippen LogP contribution in [0.25, 0.3) is 0 Å². The van der Waals surface area contributed by atoms with Crippen LogP contribution in [0.4, 0.5) is 5.69 Å². The van der Waals surface area contributed by atoms with E-state index in [2.05, 4.69) is 20.3 Å². The molecule has 2 rings (SSSR count). The summed E-state index contributed by atoms with van der Waals surface area (Å²) in [4.78, 5) is 16.2. The number of halogens is 1. The lowest BCUT2D eigenvalue weighted by Crippen LogP contribution is -2.30. The number of amidine groups is 1. The Balaban J connectivity index is 0.00000288. The number of carbonyl (C=O) groups is 1. The van der Waals surface area contributed by atoms with E-state index in [9.17, 15) is 13.2 Å². The minimum atomic E-state index is -3.68. The number of nitrogens with one attached hydrogen (secondary N) is 3. The monoisotopic (exact) mass is 374 g/mol. The van der Waals surface area contributed by atoms with Crippen molar-refractivity contribution in [1.82, 2.24) is 10.0 Å². The molecule has 1 amide bonds. The Morgan fingerprint density at radius 1 is 1.38 bits per heavy atom. The Morgan fingerprint density at radius 3 is 2.75 bits per heavy atom. The van der Waals surface area contributed by atoms with Crippen LogP contribution in [0.1, 0.15) is 19.8 Å². The van der Waals surface area contributed by atoms with Gasteiger partial charge in [-0.2, -0.15) is 0 Å². The van der Waals surface area contributed by atoms with E-state index in [1.165, 1.54) is 12.1 Å². The summed E-state index contributed by atoms with van der Waals surface area (Å²) in [6, 6.07) is 6.20. The van der Waals surface area contributed by atoms with Crippen LogP contribution >= 0.6 is 12.4 Å². The van der Waals surface area contributed by atoms with Crippen LogP contribution in [-0.4, -0.2) is 40.3 Å². The van der Waals surface area contributed by atoms with Crippen LogP contribution < -0.4 is 15.4 Å². The van der Waals surface area contributed by atoms with E-state index < -0.39 is 10.0 Å². The molecule has 134 valence electrons. The Morgan fingerprint density at radius 2 is 2.12 bits per heavy atom. The molecule has 3 N–H and O–H groups in total. The number of sulfonamides is 1. The van der Waals surface area contributed by atoms with Crippen LogP contribution in [0, 0.1) is 5.92 Å². The first kappa shape index (κ1) is 20.4. The fourth-order valence-corrected chi connectivity index (χ4v) is 3.38. The maximum Gasteiger partial charge on any atom is 0.262 e. The highest BCUT2D eigenvalue weighted by Gasteiger charge is 2.19. The largest absolute Gasteiger partial charge is 0.326 e. The summed E-state index contributed by atoms with van der Waals surface area (Å²) in [5.41, 5.74) is 0.453. The van der Waals surface area contributed by atoms with Gasteiger partial charge in [-0.3, -0.25) is 14.5 Å². The first-order valence-corrected chi connectivity index (χ1v) is 9.02. The van der Waals surface area contributed by atoms with Gasteiger partial charge in [0, 0.05) is 31.1 Å². The molecule has 1 atom stereocenters. The Kier molecular flexibility index (Phi) is 7.65. The fourth-order valence-electron chi connectivity index (χ4n) is 2.24. The zero-order valence-corrected chi connectivity index (χ0v) is 15.3. The molecule has 0 bridgehead atoms. The highest BCUT2D eigenvalue weighted by Crippen LogP contribution is 2.17. The zero-order chi connectivity index (χ0) is 16.9. The second-order valence-corrected chi connectivity index (χ2v) is 7.20. The smallest absolute Gasteiger partial charge is 0.262 e. The van der Waals surface area contributed by atoms with E-state index in [1.54, 1.807) is 26.1 Å². The SMILES string of the molecule is CNCC(C)C(=O)Nc1cccc(S(=O)(=O)NC2=NCCC2)c1.Cl. The number of hydrogen-bond acceptors (Lipinski definition) is 5. The summed E-state index contributed by atoms with van der Waals surface area (Å²) in [5.74, 6) is 0.107. The van der Waals surface area contributed by atoms with Crippen molar-refractivity contribution in [3.05, 3.63) is 24.3 Å². The molecule has 0 spiro atoms. The van der Waals surface area contributed by atoms with Gasteiger partial charge in [0.1, 0.15) is 5.84 Å². The topological polar surface area (TPSA) is 99.7 Å². The standard InChI is InChI=1S/C15H22N4O3S.ClH/c1-11(10-16-2)15(20)18-12-5-3-6-13(9-12)23(21,22)19-14-7-4-8-17-14;/h3,5-6,9,11,16H,4,7-8,10H2,1-2H3,(H,17,19)(H,18,20);1H. The quantitative estimate of drug-likeness (QED) is 0.700. The molecule has 1 unspecified atom stereocenters. The Hall–Kier alpha value is -1.64. The predicted molar refractivity (Wildman–Crippen MR) is 97.3 cm³/mol. The summed E-state index contributed by atoms with van der Waals surface area (Å²) in [6.07, 6.45) is 1.49. The van der Waals surface area contributed by atoms with Crippen molar-refractivity contribution >= 4 is 39.9 Å². The van der Waals surface area contributed by atoms with Gasteiger partial charge in [-0.25, -0.2) is 8.42 Å². The van der Waals surface area contributed by atoms with E-state index in [4.69, 9.17) is 0 Å². The molecule has 1 heterocycles. The molecule has 1 aliphatic rings. The van der Waals surface area contributed by atoms with Crippen molar-refractivity contribution in [3.63, 3.8) is 0 Å². The molecule has 0 fully saturated rings. The lowest BCUT2D eigenvalue weighted by Gasteiger charge is -2.13. The number of hydrogen-bond donors (Lipinski definition) is 3. The fraction of sp³-hybridized carbons (Fsp3) is 0.467. The second-order valence-electron chi connectivity index (χ2n) is 5.51. The molecule has 1 aromatic rings. The number of nitrogens with zero attached hydrogens (tertiary/aromatic N) is 1. The third-order valence-electron chi connectivity index (χ3n) is 3.50. The Bertz CT molecular complexity index is 706. The highest BCUT2D eigenvalue weighted by molar-refractivity contribution is 7.90. The molecule has 0 aliphatic carbocycles. The third kappa shape index (κ3) is 5.47. The van der Waals surface area contributed by atoms with E-state index in [0.717, 1.165) is 6.42 Å². The number of benzene rings is 1. The predicted octanol–water partition coefficient (Wildman–Crippen LogP) is 1.37. The first-order valence-electron chi connectivity index (χ1n) is 7.54. The molecule has 0 aromatic heterocycles. The minimum Gasteiger partial charge on any atom is -0.326 e. The van der Waals surface area contributed by atoms with Crippen LogP contribution in [0.15, 0.2) is 34.2 Å². The number of carbonyl (C=O) groups excluding carboxylic acids is 1. The molecular weight excluding hydrogens is 352 g/mol. The summed E-state index contributed by atoms with van der Waals surface area (Å²) < 4.78 is 27.2. The van der Waals surface area contributed by atoms with Gasteiger partial charge in [0.15, 0.2) is 0 Å². The maximum atomic E-state index is 12.3. The van der Waals surface area contributed by atoms with Gasteiger partial charge in [-0.1, -0.05) is 13.0 Å². The maximum absolute atomic E-state index is 12.3. The molecule has 1 aromatic carbocycles. The van der Waals surface area contributed by atoms with E-state index in [0.29, 0.717) is 31.0 Å². The second kappa shape index (κ2) is 9.00. The molecule has 1 aliphatic heterocycles. The van der Waals surface area contributed by atoms with Gasteiger partial charge in [-0.05, 0) is 31.7 Å². The summed E-state index contributed by atoms with van der Waals surface area (Å²) in [6.45, 7) is 2.99. The average molecular weight is 375 g/mol. The zero-order valence-electron chi connectivity index (χ0n) is 13.7. The molecule has 24 heavy (non-hydrogen) atoms. The highest BCUT2D eigenvalue weighted by atomic mass is 35.5. The number of anilines is 1. The van der Waals surface area contributed by atoms with Crippen molar-refractivity contribution < 1.29 is 13.2 Å². The van der Waals surface area contributed by atoms with Crippen molar-refractivity contribution in [2.24, 2.45) is 10.9 Å². The summed E-state index contributed by atoms with van der Waals surface area (Å²) in [5, 5.41) is 5.66. The number of rotatable bonds is 6. The van der Waals surface area contributed by atoms with Gasteiger partial charge < -0.3 is 10.6 Å². The Labute approximate surface area is 148 Å². The summed E-state index contributed by atoms with van der Waals surface area (Å²) in [7, 11) is -1.90. The molecule has 0 radical (unpaired) electrons. The molecule has 0 saturated heterocycles. The van der Waals surface area contributed by atoms with Gasteiger partial charge in [-0.15, -0.1) is 12.4 Å². The minimum absolute atomic E-state index is 0. The van der Waals surface area contributed by atoms with Crippen LogP contribution in [0.5, 0.6) is 0 Å². The van der Waals surface area contributed by atoms with Gasteiger partial charge in [0.05, 0.1) is 4.90 Å². The normalized spacial score (nSPS) is 15.2. The lowest BCUT2D eigenvalue weighted by atomic mass is 10.1. The van der Waals surface area contributed by atoms with E-state index in [1.807, 2.05) is 0 Å². The van der Waals surface area contributed by atoms with Gasteiger partial charge in [0.25, 0.3) is 10.0 Å². The van der Waals surface area contributed by atoms with Crippen molar-refractivity contribution in [2.75, 3.05) is 25.5 Å². The number of amides is 1. The summed E-state index contributed by atoms with van der Waals surface area (Å²) >= 11 is 0. The van der Waals surface area contributed by atoms with Gasteiger partial charge >= 0.3 is 0 Å².